The Labute approximate surface area is 160 Å². The van der Waals surface area contributed by atoms with Gasteiger partial charge in [-0.2, -0.15) is 0 Å². The largest absolute Gasteiger partial charge is 0.335 e. The Balaban J connectivity index is 1.85. The van der Waals surface area contributed by atoms with Crippen molar-refractivity contribution in [3.05, 3.63) is 30.3 Å². The average Bonchev–Trinajstić information content (AvgIpc) is 3.14. The van der Waals surface area contributed by atoms with Crippen LogP contribution in [-0.4, -0.2) is 47.9 Å². The second-order valence-electron chi connectivity index (χ2n) is 7.00. The Kier molecular flexibility index (Phi) is 8.26. The van der Waals surface area contributed by atoms with Crippen molar-refractivity contribution in [3.63, 3.8) is 0 Å². The van der Waals surface area contributed by atoms with Crippen molar-refractivity contribution in [3.8, 4) is 0 Å². The molecule has 148 valence electrons. The van der Waals surface area contributed by atoms with Gasteiger partial charge in [0.1, 0.15) is 0 Å². The van der Waals surface area contributed by atoms with E-state index in [9.17, 15) is 14.4 Å². The van der Waals surface area contributed by atoms with Gasteiger partial charge in [0.15, 0.2) is 0 Å². The lowest BCUT2D eigenvalue weighted by atomic mass is 10.2. The summed E-state index contributed by atoms with van der Waals surface area (Å²) < 4.78 is 0. The van der Waals surface area contributed by atoms with E-state index in [1.165, 1.54) is 0 Å². The Morgan fingerprint density at radius 1 is 1.15 bits per heavy atom. The minimum absolute atomic E-state index is 0.00466. The molecule has 0 saturated heterocycles. The molecule has 2 rings (SSSR count). The van der Waals surface area contributed by atoms with Crippen LogP contribution in [0.4, 0.5) is 10.5 Å². The van der Waals surface area contributed by atoms with E-state index in [1.54, 1.807) is 11.8 Å². The molecule has 0 aromatic heterocycles. The standard InChI is InChI=1S/C20H30N4O3/c1-3-13-24(15(2)19(26)21-16-9-5-4-6-10-16)14-18(25)23-20(27)22-17-11-7-8-12-17/h4-6,9-10,15,17H,3,7-8,11-14H2,1-2H3,(H,21,26)(H2,22,23,25,27). The average molecular weight is 374 g/mol. The van der Waals surface area contributed by atoms with Crippen molar-refractivity contribution in [1.82, 2.24) is 15.5 Å². The molecule has 1 aliphatic rings. The summed E-state index contributed by atoms with van der Waals surface area (Å²) in [5, 5.41) is 8.06. The van der Waals surface area contributed by atoms with E-state index < -0.39 is 18.0 Å². The molecular formula is C20H30N4O3. The number of nitrogens with one attached hydrogen (secondary N) is 3. The maximum atomic E-state index is 12.5. The zero-order valence-corrected chi connectivity index (χ0v) is 16.2. The minimum atomic E-state index is -0.492. The monoisotopic (exact) mass is 374 g/mol. The molecule has 4 amide bonds. The van der Waals surface area contributed by atoms with E-state index in [-0.39, 0.29) is 18.5 Å². The molecule has 1 atom stereocenters. The number of carbonyl (C=O) groups is 3. The van der Waals surface area contributed by atoms with Gasteiger partial charge in [-0.25, -0.2) is 4.79 Å². The second kappa shape index (κ2) is 10.7. The number of anilines is 1. The highest BCUT2D eigenvalue weighted by Gasteiger charge is 2.24. The third-order valence-electron chi connectivity index (χ3n) is 4.77. The van der Waals surface area contributed by atoms with E-state index in [0.717, 1.165) is 32.1 Å². The molecule has 1 aliphatic carbocycles. The molecule has 1 fully saturated rings. The zero-order chi connectivity index (χ0) is 19.6. The molecule has 1 aromatic carbocycles. The molecule has 1 saturated carbocycles. The van der Waals surface area contributed by atoms with Crippen LogP contribution < -0.4 is 16.0 Å². The van der Waals surface area contributed by atoms with Gasteiger partial charge in [0, 0.05) is 11.7 Å². The molecule has 0 aliphatic heterocycles. The van der Waals surface area contributed by atoms with E-state index in [4.69, 9.17) is 0 Å². The molecule has 0 bridgehead atoms. The lowest BCUT2D eigenvalue weighted by molar-refractivity contribution is -0.124. The quantitative estimate of drug-likeness (QED) is 0.652. The van der Waals surface area contributed by atoms with Crippen LogP contribution in [0.15, 0.2) is 30.3 Å². The highest BCUT2D eigenvalue weighted by molar-refractivity contribution is 5.97. The van der Waals surface area contributed by atoms with Crippen LogP contribution in [0, 0.1) is 0 Å². The number of hydrogen-bond donors (Lipinski definition) is 3. The molecule has 3 N–H and O–H groups in total. The first-order valence-corrected chi connectivity index (χ1v) is 9.70. The van der Waals surface area contributed by atoms with Crippen molar-refractivity contribution in [2.75, 3.05) is 18.4 Å². The molecule has 7 heteroatoms. The lowest BCUT2D eigenvalue weighted by Crippen LogP contribution is -2.50. The van der Waals surface area contributed by atoms with Crippen molar-refractivity contribution in [2.45, 2.75) is 58.0 Å². The summed E-state index contributed by atoms with van der Waals surface area (Å²) in [6.07, 6.45) is 4.93. The molecule has 1 unspecified atom stereocenters. The number of nitrogens with zero attached hydrogens (tertiary/aromatic N) is 1. The van der Waals surface area contributed by atoms with Crippen molar-refractivity contribution < 1.29 is 14.4 Å². The smallest absolute Gasteiger partial charge is 0.321 e. The van der Waals surface area contributed by atoms with E-state index >= 15 is 0 Å². The number of carbonyl (C=O) groups excluding carboxylic acids is 3. The van der Waals surface area contributed by atoms with Crippen LogP contribution in [0.3, 0.4) is 0 Å². The summed E-state index contributed by atoms with van der Waals surface area (Å²) in [6, 6.07) is 8.41. The van der Waals surface area contributed by atoms with Crippen molar-refractivity contribution >= 4 is 23.5 Å². The van der Waals surface area contributed by atoms with Crippen LogP contribution in [-0.2, 0) is 9.59 Å². The predicted octanol–water partition coefficient (Wildman–Crippen LogP) is 2.49. The van der Waals surface area contributed by atoms with Gasteiger partial charge in [-0.05, 0) is 44.9 Å². The van der Waals surface area contributed by atoms with Crippen molar-refractivity contribution in [1.29, 1.82) is 0 Å². The van der Waals surface area contributed by atoms with E-state index in [0.29, 0.717) is 12.2 Å². The summed E-state index contributed by atoms with van der Waals surface area (Å²) in [6.45, 7) is 4.33. The van der Waals surface area contributed by atoms with Gasteiger partial charge in [-0.3, -0.25) is 19.8 Å². The van der Waals surface area contributed by atoms with Gasteiger partial charge < -0.3 is 10.6 Å². The first-order chi connectivity index (χ1) is 13.0. The Morgan fingerprint density at radius 2 is 1.81 bits per heavy atom. The van der Waals surface area contributed by atoms with Gasteiger partial charge in [0.25, 0.3) is 0 Å². The Hall–Kier alpha value is -2.41. The third kappa shape index (κ3) is 7.02. The zero-order valence-electron chi connectivity index (χ0n) is 16.2. The number of imide groups is 1. The third-order valence-corrected chi connectivity index (χ3v) is 4.77. The number of rotatable bonds is 8. The van der Waals surface area contributed by atoms with Gasteiger partial charge in [-0.1, -0.05) is 38.0 Å². The first-order valence-electron chi connectivity index (χ1n) is 9.70. The number of para-hydroxylation sites is 1. The first kappa shape index (κ1) is 20.9. The summed E-state index contributed by atoms with van der Waals surface area (Å²) in [7, 11) is 0. The topological polar surface area (TPSA) is 90.5 Å². The number of hydrogen-bond acceptors (Lipinski definition) is 4. The highest BCUT2D eigenvalue weighted by Crippen LogP contribution is 2.17. The predicted molar refractivity (Wildman–Crippen MR) is 105 cm³/mol. The summed E-state index contributed by atoms with van der Waals surface area (Å²) >= 11 is 0. The van der Waals surface area contributed by atoms with Gasteiger partial charge in [0.2, 0.25) is 11.8 Å². The molecule has 0 radical (unpaired) electrons. The second-order valence-corrected chi connectivity index (χ2v) is 7.00. The normalized spacial score (nSPS) is 15.4. The van der Waals surface area contributed by atoms with Crippen LogP contribution in [0.25, 0.3) is 0 Å². The lowest BCUT2D eigenvalue weighted by Gasteiger charge is -2.27. The number of urea groups is 1. The van der Waals surface area contributed by atoms with Crippen LogP contribution in [0.5, 0.6) is 0 Å². The maximum absolute atomic E-state index is 12.5. The van der Waals surface area contributed by atoms with Gasteiger partial charge >= 0.3 is 6.03 Å². The number of amides is 4. The summed E-state index contributed by atoms with van der Waals surface area (Å²) in [4.78, 5) is 38.5. The summed E-state index contributed by atoms with van der Waals surface area (Å²) in [5.41, 5.74) is 0.714. The van der Waals surface area contributed by atoms with E-state index in [2.05, 4.69) is 16.0 Å². The number of benzene rings is 1. The molecule has 7 nitrogen and oxygen atoms in total. The van der Waals surface area contributed by atoms with Gasteiger partial charge in [0.05, 0.1) is 12.6 Å². The maximum Gasteiger partial charge on any atom is 0.321 e. The SMILES string of the molecule is CCCN(CC(=O)NC(=O)NC1CCCC1)C(C)C(=O)Nc1ccccc1. The highest BCUT2D eigenvalue weighted by atomic mass is 16.2. The molecular weight excluding hydrogens is 344 g/mol. The van der Waals surface area contributed by atoms with Crippen LogP contribution >= 0.6 is 0 Å². The van der Waals surface area contributed by atoms with E-state index in [1.807, 2.05) is 37.3 Å². The molecule has 1 aromatic rings. The van der Waals surface area contributed by atoms with Gasteiger partial charge in [-0.15, -0.1) is 0 Å². The van der Waals surface area contributed by atoms with Crippen LogP contribution in [0.2, 0.25) is 0 Å². The van der Waals surface area contributed by atoms with Crippen molar-refractivity contribution in [2.24, 2.45) is 0 Å². The fourth-order valence-electron chi connectivity index (χ4n) is 3.27. The minimum Gasteiger partial charge on any atom is -0.335 e. The molecule has 0 heterocycles. The van der Waals surface area contributed by atoms with Crippen LogP contribution in [0.1, 0.15) is 46.0 Å². The Bertz CT molecular complexity index is 629. The summed E-state index contributed by atoms with van der Waals surface area (Å²) in [5.74, 6) is -0.587. The Morgan fingerprint density at radius 3 is 2.44 bits per heavy atom. The fraction of sp³-hybridized carbons (Fsp3) is 0.550. The molecule has 0 spiro atoms. The fourth-order valence-corrected chi connectivity index (χ4v) is 3.27. The molecule has 27 heavy (non-hydrogen) atoms.